The largest absolute Gasteiger partial charge is 0.457 e. The Hall–Kier alpha value is -0.610. The topological polar surface area (TPSA) is 61.6 Å². The number of hydrogen-bond donors (Lipinski definition) is 1. The first-order valence-corrected chi connectivity index (χ1v) is 5.59. The van der Waals surface area contributed by atoms with Crippen LogP contribution < -0.4 is 5.73 Å². The van der Waals surface area contributed by atoms with Crippen LogP contribution in [0.25, 0.3) is 0 Å². The standard InChI is InChI=1S/C11H21NO3/c1-8(2)3-9(5-12)4-11(13)15-10-6-14-7-10/h8-10H,3-7,12H2,1-2H3. The van der Waals surface area contributed by atoms with Crippen LogP contribution in [-0.4, -0.2) is 31.8 Å². The molecule has 0 bridgehead atoms. The molecule has 0 aromatic carbocycles. The van der Waals surface area contributed by atoms with E-state index in [1.165, 1.54) is 0 Å². The van der Waals surface area contributed by atoms with Crippen LogP contribution in [0.15, 0.2) is 0 Å². The van der Waals surface area contributed by atoms with E-state index in [1.54, 1.807) is 0 Å². The van der Waals surface area contributed by atoms with Crippen molar-refractivity contribution in [2.45, 2.75) is 32.8 Å². The minimum atomic E-state index is -0.139. The Labute approximate surface area is 91.1 Å². The molecule has 0 amide bonds. The summed E-state index contributed by atoms with van der Waals surface area (Å²) < 4.78 is 10.1. The summed E-state index contributed by atoms with van der Waals surface area (Å²) in [5.74, 6) is 0.677. The molecule has 4 heteroatoms. The molecule has 15 heavy (non-hydrogen) atoms. The second kappa shape index (κ2) is 6.08. The van der Waals surface area contributed by atoms with Gasteiger partial charge in [0.15, 0.2) is 0 Å². The van der Waals surface area contributed by atoms with Crippen molar-refractivity contribution in [2.24, 2.45) is 17.6 Å². The molecule has 1 heterocycles. The van der Waals surface area contributed by atoms with Crippen LogP contribution in [0, 0.1) is 11.8 Å². The third-order valence-corrected chi connectivity index (χ3v) is 2.50. The van der Waals surface area contributed by atoms with Crippen LogP contribution in [0.4, 0.5) is 0 Å². The Morgan fingerprint density at radius 3 is 2.60 bits per heavy atom. The zero-order valence-electron chi connectivity index (χ0n) is 9.57. The van der Waals surface area contributed by atoms with E-state index in [9.17, 15) is 4.79 Å². The molecule has 1 unspecified atom stereocenters. The van der Waals surface area contributed by atoms with Crippen LogP contribution in [0.3, 0.4) is 0 Å². The van der Waals surface area contributed by atoms with Crippen LogP contribution in [0.1, 0.15) is 26.7 Å². The molecule has 0 saturated carbocycles. The molecule has 1 saturated heterocycles. The van der Waals surface area contributed by atoms with E-state index in [-0.39, 0.29) is 18.0 Å². The lowest BCUT2D eigenvalue weighted by Crippen LogP contribution is -2.38. The molecule has 1 aliphatic rings. The lowest BCUT2D eigenvalue weighted by atomic mass is 9.94. The number of hydrogen-bond acceptors (Lipinski definition) is 4. The molecule has 2 N–H and O–H groups in total. The smallest absolute Gasteiger partial charge is 0.306 e. The SMILES string of the molecule is CC(C)CC(CN)CC(=O)OC1COC1. The zero-order chi connectivity index (χ0) is 11.3. The maximum Gasteiger partial charge on any atom is 0.306 e. The van der Waals surface area contributed by atoms with Gasteiger partial charge in [-0.1, -0.05) is 13.8 Å². The van der Waals surface area contributed by atoms with Crippen molar-refractivity contribution in [2.75, 3.05) is 19.8 Å². The predicted octanol–water partition coefficient (Wildman–Crippen LogP) is 0.939. The highest BCUT2D eigenvalue weighted by Crippen LogP contribution is 2.16. The molecule has 0 spiro atoms. The quantitative estimate of drug-likeness (QED) is 0.670. The fourth-order valence-electron chi connectivity index (χ4n) is 1.68. The minimum absolute atomic E-state index is 0.0185. The summed E-state index contributed by atoms with van der Waals surface area (Å²) in [5, 5.41) is 0. The van der Waals surface area contributed by atoms with Gasteiger partial charge in [0.2, 0.25) is 0 Å². The molecular formula is C11H21NO3. The number of esters is 1. The maximum absolute atomic E-state index is 11.5. The highest BCUT2D eigenvalue weighted by Gasteiger charge is 2.24. The molecule has 1 atom stereocenters. The third kappa shape index (κ3) is 4.62. The van der Waals surface area contributed by atoms with Gasteiger partial charge >= 0.3 is 5.97 Å². The number of carbonyl (C=O) groups excluding carboxylic acids is 1. The first kappa shape index (κ1) is 12.5. The van der Waals surface area contributed by atoms with Crippen molar-refractivity contribution in [3.8, 4) is 0 Å². The van der Waals surface area contributed by atoms with E-state index in [1.807, 2.05) is 0 Å². The molecule has 88 valence electrons. The van der Waals surface area contributed by atoms with Gasteiger partial charge in [0.05, 0.1) is 13.2 Å². The average molecular weight is 215 g/mol. The number of ether oxygens (including phenoxy) is 2. The summed E-state index contributed by atoms with van der Waals surface area (Å²) >= 11 is 0. The molecule has 0 radical (unpaired) electrons. The van der Waals surface area contributed by atoms with Crippen LogP contribution >= 0.6 is 0 Å². The summed E-state index contributed by atoms with van der Waals surface area (Å²) in [7, 11) is 0. The summed E-state index contributed by atoms with van der Waals surface area (Å²) in [6, 6.07) is 0. The van der Waals surface area contributed by atoms with Gasteiger partial charge in [-0.25, -0.2) is 0 Å². The minimum Gasteiger partial charge on any atom is -0.457 e. The first-order valence-electron chi connectivity index (χ1n) is 5.59. The Kier molecular flexibility index (Phi) is 5.05. The molecule has 4 nitrogen and oxygen atoms in total. The fraction of sp³-hybridized carbons (Fsp3) is 0.909. The Balaban J connectivity index is 2.20. The number of nitrogens with two attached hydrogens (primary N) is 1. The second-order valence-corrected chi connectivity index (χ2v) is 4.58. The molecule has 0 aromatic rings. The van der Waals surface area contributed by atoms with Crippen LogP contribution in [0.2, 0.25) is 0 Å². The molecular weight excluding hydrogens is 194 g/mol. The van der Waals surface area contributed by atoms with Gasteiger partial charge in [-0.2, -0.15) is 0 Å². The normalized spacial score (nSPS) is 18.7. The van der Waals surface area contributed by atoms with Gasteiger partial charge in [0, 0.05) is 6.42 Å². The fourth-order valence-corrected chi connectivity index (χ4v) is 1.68. The van der Waals surface area contributed by atoms with Crippen molar-refractivity contribution in [1.29, 1.82) is 0 Å². The predicted molar refractivity (Wildman–Crippen MR) is 57.3 cm³/mol. The Morgan fingerprint density at radius 1 is 1.53 bits per heavy atom. The van der Waals surface area contributed by atoms with Gasteiger partial charge in [-0.05, 0) is 24.8 Å². The molecule has 1 aliphatic heterocycles. The van der Waals surface area contributed by atoms with Gasteiger partial charge in [-0.3, -0.25) is 4.79 Å². The van der Waals surface area contributed by atoms with E-state index >= 15 is 0 Å². The number of rotatable bonds is 6. The summed E-state index contributed by atoms with van der Waals surface area (Å²) in [5.41, 5.74) is 5.61. The number of carbonyl (C=O) groups is 1. The summed E-state index contributed by atoms with van der Waals surface area (Å²) in [6.07, 6.45) is 1.40. The van der Waals surface area contributed by atoms with E-state index in [2.05, 4.69) is 13.8 Å². The first-order chi connectivity index (χ1) is 7.11. The van der Waals surface area contributed by atoms with E-state index in [0.29, 0.717) is 32.1 Å². The molecule has 1 rings (SSSR count). The van der Waals surface area contributed by atoms with Gasteiger partial charge < -0.3 is 15.2 Å². The third-order valence-electron chi connectivity index (χ3n) is 2.50. The lowest BCUT2D eigenvalue weighted by molar-refractivity contribution is -0.173. The van der Waals surface area contributed by atoms with Crippen molar-refractivity contribution in [3.05, 3.63) is 0 Å². The van der Waals surface area contributed by atoms with E-state index in [0.717, 1.165) is 6.42 Å². The Morgan fingerprint density at radius 2 is 2.20 bits per heavy atom. The lowest BCUT2D eigenvalue weighted by Gasteiger charge is -2.26. The highest BCUT2D eigenvalue weighted by molar-refractivity contribution is 5.70. The summed E-state index contributed by atoms with van der Waals surface area (Å²) in [4.78, 5) is 11.5. The average Bonchev–Trinajstić information content (AvgIpc) is 2.09. The van der Waals surface area contributed by atoms with Crippen LogP contribution in [0.5, 0.6) is 0 Å². The van der Waals surface area contributed by atoms with E-state index in [4.69, 9.17) is 15.2 Å². The molecule has 1 fully saturated rings. The van der Waals surface area contributed by atoms with Gasteiger partial charge in [-0.15, -0.1) is 0 Å². The maximum atomic E-state index is 11.5. The van der Waals surface area contributed by atoms with Crippen molar-refractivity contribution >= 4 is 5.97 Å². The monoisotopic (exact) mass is 215 g/mol. The zero-order valence-corrected chi connectivity index (χ0v) is 9.57. The molecule has 0 aromatic heterocycles. The van der Waals surface area contributed by atoms with Crippen molar-refractivity contribution in [3.63, 3.8) is 0 Å². The second-order valence-electron chi connectivity index (χ2n) is 4.58. The highest BCUT2D eigenvalue weighted by atomic mass is 16.6. The van der Waals surface area contributed by atoms with Crippen molar-refractivity contribution in [1.82, 2.24) is 0 Å². The van der Waals surface area contributed by atoms with Gasteiger partial charge in [0.1, 0.15) is 6.10 Å². The Bertz CT molecular complexity index is 202. The molecule has 0 aliphatic carbocycles. The van der Waals surface area contributed by atoms with E-state index < -0.39 is 0 Å². The van der Waals surface area contributed by atoms with Crippen LogP contribution in [-0.2, 0) is 14.3 Å². The van der Waals surface area contributed by atoms with Crippen molar-refractivity contribution < 1.29 is 14.3 Å². The summed E-state index contributed by atoms with van der Waals surface area (Å²) in [6.45, 7) is 5.91. The van der Waals surface area contributed by atoms with Gasteiger partial charge in [0.25, 0.3) is 0 Å².